The number of methoxy groups -OCH3 is 1. The number of hydrogen-bond acceptors (Lipinski definition) is 14. The Balaban J connectivity index is 1.25. The number of fused-ring (bicyclic) bond motifs is 11. The smallest absolute Gasteiger partial charge is 0.504 e. The molecule has 0 saturated carbocycles. The number of carbonyl (C=O) groups excluding carboxylic acids is 2. The van der Waals surface area contributed by atoms with E-state index in [9.17, 15) is 20.0 Å². The first-order chi connectivity index (χ1) is 27.6. The summed E-state index contributed by atoms with van der Waals surface area (Å²) in [6.07, 6.45) is 1.22. The van der Waals surface area contributed by atoms with E-state index in [1.54, 1.807) is 14.0 Å². The molecule has 3 N–H and O–H groups in total. The monoisotopic (exact) mass is 791 g/mol. The van der Waals surface area contributed by atoms with Crippen molar-refractivity contribution in [3.8, 4) is 34.8 Å². The van der Waals surface area contributed by atoms with Crippen molar-refractivity contribution in [3.05, 3.63) is 87.8 Å². The number of aromatic hydroxyl groups is 1. The number of phenols is 1. The lowest BCUT2D eigenvalue weighted by atomic mass is 9.71. The number of rotatable bonds is 3. The number of benzene rings is 3. The van der Waals surface area contributed by atoms with Gasteiger partial charge in [-0.3, -0.25) is 15.1 Å². The number of thioether (sulfide) groups is 1. The second-order valence-electron chi connectivity index (χ2n) is 15.5. The number of nitrogens with zero attached hydrogens (tertiary/aromatic N) is 3. The average molecular weight is 792 g/mol. The lowest BCUT2D eigenvalue weighted by Gasteiger charge is -2.62. The summed E-state index contributed by atoms with van der Waals surface area (Å²) >= 11 is 1.51. The van der Waals surface area contributed by atoms with Crippen molar-refractivity contribution in [1.82, 2.24) is 20.1 Å². The highest BCUT2D eigenvalue weighted by Gasteiger charge is 2.62. The van der Waals surface area contributed by atoms with Crippen LogP contribution in [-0.4, -0.2) is 90.0 Å². The molecule has 294 valence electrons. The SMILES string of the molecule is C=COC(=O)Oc1c(C)c2c(c3c1[C@H]1SC[C@]4(NCCc5c4[nH]c4ccccc54)C(=O)OC[C@@H]3N3C1[C@@H]1c4c(cc(C)c(OC)c4O)C[C@H]([C@@H]3C#N)N1C)OCO2. The molecule has 0 amide bonds. The number of H-pyrrole nitrogens is 1. The Kier molecular flexibility index (Phi) is 8.25. The largest absolute Gasteiger partial charge is 0.518 e. The van der Waals surface area contributed by atoms with Gasteiger partial charge in [0.2, 0.25) is 6.79 Å². The van der Waals surface area contributed by atoms with E-state index in [1.807, 2.05) is 38.2 Å². The van der Waals surface area contributed by atoms with Crippen LogP contribution in [0.15, 0.2) is 43.2 Å². The Labute approximate surface area is 332 Å². The van der Waals surface area contributed by atoms with Gasteiger partial charge < -0.3 is 38.5 Å². The fourth-order valence-electron chi connectivity index (χ4n) is 10.6. The lowest BCUT2D eigenvalue weighted by molar-refractivity contribution is -0.157. The molecule has 57 heavy (non-hydrogen) atoms. The highest BCUT2D eigenvalue weighted by atomic mass is 32.2. The van der Waals surface area contributed by atoms with Crippen molar-refractivity contribution >= 4 is 34.8 Å². The van der Waals surface area contributed by atoms with Crippen LogP contribution < -0.4 is 24.3 Å². The number of piperazine rings is 1. The number of nitriles is 1. The van der Waals surface area contributed by atoms with E-state index in [1.165, 1.54) is 11.8 Å². The number of likely N-dealkylation sites (N-methyl/N-ethyl adjacent to an activating group) is 1. The second-order valence-corrected chi connectivity index (χ2v) is 16.6. The predicted octanol–water partition coefficient (Wildman–Crippen LogP) is 5.49. The van der Waals surface area contributed by atoms with Crippen LogP contribution in [0, 0.1) is 25.2 Å². The zero-order valence-corrected chi connectivity index (χ0v) is 32.7. The zero-order valence-electron chi connectivity index (χ0n) is 31.8. The van der Waals surface area contributed by atoms with Crippen LogP contribution in [0.4, 0.5) is 4.79 Å². The van der Waals surface area contributed by atoms with Crippen molar-refractivity contribution in [2.75, 3.05) is 39.9 Å². The van der Waals surface area contributed by atoms with Gasteiger partial charge in [-0.15, -0.1) is 11.8 Å². The summed E-state index contributed by atoms with van der Waals surface area (Å²) in [6, 6.07) is 9.95. The molecule has 7 atom stereocenters. The van der Waals surface area contributed by atoms with Crippen molar-refractivity contribution in [1.29, 1.82) is 5.26 Å². The second kappa shape index (κ2) is 13.1. The third-order valence-corrected chi connectivity index (χ3v) is 14.4. The third kappa shape index (κ3) is 4.87. The molecule has 1 aromatic heterocycles. The molecule has 0 aliphatic carbocycles. The summed E-state index contributed by atoms with van der Waals surface area (Å²) in [6.45, 7) is 7.54. The molecule has 3 aromatic carbocycles. The van der Waals surface area contributed by atoms with Gasteiger partial charge in [0.15, 0.2) is 28.5 Å². The standard InChI is InChI=1S/C42H41N5O9S/c1-6-52-41(50)56-35-20(3)36-37(55-18-54-36)29-27-16-53-40(49)42(39-23(11-12-44-42)22-9-7-8-10-24(22)45-39)17-57-38(30(29)35)32-31-28-21(13-19(2)34(51-5)33(28)48)14-25(46(31)4)26(15-43)47(27)32/h6-10,13,25-27,31-32,38,44-45,48H,1,11-12,14,16-18H2,2-5H3/t25-,26+,27+,31+,32?,38-,42-/m1/s1. The minimum Gasteiger partial charge on any atom is -0.504 e. The van der Waals surface area contributed by atoms with Gasteiger partial charge in [-0.25, -0.2) is 9.59 Å². The number of hydrogen-bond donors (Lipinski definition) is 3. The van der Waals surface area contributed by atoms with Crippen molar-refractivity contribution in [2.45, 2.75) is 67.7 Å². The number of esters is 1. The molecule has 2 saturated heterocycles. The Bertz CT molecular complexity index is 2460. The first-order valence-electron chi connectivity index (χ1n) is 19.0. The van der Waals surface area contributed by atoms with E-state index in [0.717, 1.165) is 39.5 Å². The molecule has 15 heteroatoms. The molecule has 4 aromatic rings. The molecular weight excluding hydrogens is 751 g/mol. The fourth-order valence-corrected chi connectivity index (χ4v) is 12.3. The molecule has 1 unspecified atom stereocenters. The van der Waals surface area contributed by atoms with Gasteiger partial charge >= 0.3 is 12.1 Å². The van der Waals surface area contributed by atoms with Crippen molar-refractivity contribution in [2.24, 2.45) is 0 Å². The predicted molar refractivity (Wildman–Crippen MR) is 208 cm³/mol. The number of aromatic nitrogens is 1. The molecule has 14 nitrogen and oxygen atoms in total. The van der Waals surface area contributed by atoms with E-state index < -0.39 is 47.1 Å². The minimum atomic E-state index is -1.28. The van der Waals surface area contributed by atoms with Gasteiger partial charge in [-0.1, -0.05) is 30.8 Å². The fraction of sp³-hybridized carbons (Fsp3) is 0.405. The summed E-state index contributed by atoms with van der Waals surface area (Å²) in [5.41, 5.74) is 5.68. The molecule has 11 rings (SSSR count). The number of aryl methyl sites for hydroxylation is 1. The van der Waals surface area contributed by atoms with E-state index in [4.69, 9.17) is 28.4 Å². The van der Waals surface area contributed by atoms with Gasteiger partial charge in [0.25, 0.3) is 0 Å². The number of phenolic OH excluding ortho intramolecular Hbond substituents is 1. The van der Waals surface area contributed by atoms with Gasteiger partial charge in [0, 0.05) is 57.5 Å². The van der Waals surface area contributed by atoms with Crippen LogP contribution in [0.25, 0.3) is 10.9 Å². The zero-order chi connectivity index (χ0) is 39.5. The highest BCUT2D eigenvalue weighted by Crippen LogP contribution is 2.64. The molecule has 2 fully saturated rings. The normalized spacial score (nSPS) is 28.4. The van der Waals surface area contributed by atoms with Crippen LogP contribution >= 0.6 is 11.8 Å². The Morgan fingerprint density at radius 2 is 1.96 bits per heavy atom. The third-order valence-electron chi connectivity index (χ3n) is 12.9. The minimum absolute atomic E-state index is 0.0452. The first kappa shape index (κ1) is 36.0. The maximum absolute atomic E-state index is 14.9. The van der Waals surface area contributed by atoms with Crippen LogP contribution in [0.5, 0.6) is 28.7 Å². The van der Waals surface area contributed by atoms with Gasteiger partial charge in [-0.05, 0) is 56.5 Å². The first-order valence-corrected chi connectivity index (χ1v) is 20.1. The van der Waals surface area contributed by atoms with Gasteiger partial charge in [-0.2, -0.15) is 5.26 Å². The summed E-state index contributed by atoms with van der Waals surface area (Å²) in [5.74, 6) is 1.25. The number of ether oxygens (including phenoxy) is 6. The summed E-state index contributed by atoms with van der Waals surface area (Å²) in [7, 11) is 3.54. The molecule has 1 spiro atoms. The van der Waals surface area contributed by atoms with Crippen LogP contribution in [0.2, 0.25) is 0 Å². The van der Waals surface area contributed by atoms with Crippen LogP contribution in [0.3, 0.4) is 0 Å². The maximum atomic E-state index is 14.9. The summed E-state index contributed by atoms with van der Waals surface area (Å²) in [4.78, 5) is 36.1. The van der Waals surface area contributed by atoms with Crippen molar-refractivity contribution < 1.29 is 43.1 Å². The van der Waals surface area contributed by atoms with E-state index in [2.05, 4.69) is 38.8 Å². The topological polar surface area (TPSA) is 168 Å². The number of nitrogens with one attached hydrogen (secondary N) is 2. The van der Waals surface area contributed by atoms with E-state index in [0.29, 0.717) is 58.9 Å². The average Bonchev–Trinajstić information content (AvgIpc) is 3.84. The van der Waals surface area contributed by atoms with Crippen LogP contribution in [0.1, 0.15) is 62.0 Å². The molecular formula is C42H41N5O9S. The molecule has 4 bridgehead atoms. The quantitative estimate of drug-likeness (QED) is 0.135. The molecule has 7 aliphatic heterocycles. The Morgan fingerprint density at radius 1 is 1.16 bits per heavy atom. The van der Waals surface area contributed by atoms with Crippen LogP contribution in [-0.2, 0) is 32.6 Å². The molecule has 8 heterocycles. The Morgan fingerprint density at radius 3 is 2.75 bits per heavy atom. The maximum Gasteiger partial charge on any atom is 0.518 e. The van der Waals surface area contributed by atoms with Gasteiger partial charge in [0.05, 0.1) is 42.5 Å². The lowest BCUT2D eigenvalue weighted by Crippen LogP contribution is -2.69. The van der Waals surface area contributed by atoms with E-state index in [-0.39, 0.29) is 36.7 Å². The highest BCUT2D eigenvalue weighted by molar-refractivity contribution is 7.99. The number of para-hydroxylation sites is 1. The summed E-state index contributed by atoms with van der Waals surface area (Å²) < 4.78 is 35.8. The molecule has 7 aliphatic rings. The Hall–Kier alpha value is -5.40. The van der Waals surface area contributed by atoms with E-state index >= 15 is 0 Å². The number of carbonyl (C=O) groups is 2. The summed E-state index contributed by atoms with van der Waals surface area (Å²) in [5, 5.41) is 27.3. The number of aromatic amines is 1. The molecule has 0 radical (unpaired) electrons. The van der Waals surface area contributed by atoms with Crippen molar-refractivity contribution in [3.63, 3.8) is 0 Å². The van der Waals surface area contributed by atoms with Gasteiger partial charge in [0.1, 0.15) is 18.4 Å².